The molecular formula is C13H25N3. The largest absolute Gasteiger partial charge is 0.311 e. The average molecular weight is 223 g/mol. The molecule has 0 aliphatic carbocycles. The number of rotatable bonds is 8. The second kappa shape index (κ2) is 7.44. The molecule has 0 unspecified atom stereocenters. The van der Waals surface area contributed by atoms with Crippen molar-refractivity contribution in [1.82, 2.24) is 15.1 Å². The van der Waals surface area contributed by atoms with E-state index in [1.165, 1.54) is 37.1 Å². The Morgan fingerprint density at radius 1 is 1.25 bits per heavy atom. The maximum Gasteiger partial charge on any atom is 0.0625 e. The third-order valence-corrected chi connectivity index (χ3v) is 2.90. The van der Waals surface area contributed by atoms with Crippen molar-refractivity contribution < 1.29 is 0 Å². The first-order valence-electron chi connectivity index (χ1n) is 6.50. The topological polar surface area (TPSA) is 29.9 Å². The van der Waals surface area contributed by atoms with E-state index in [9.17, 15) is 0 Å². The van der Waals surface area contributed by atoms with Crippen LogP contribution in [0, 0.1) is 0 Å². The summed E-state index contributed by atoms with van der Waals surface area (Å²) in [4.78, 5) is 0. The van der Waals surface area contributed by atoms with Crippen LogP contribution in [-0.2, 0) is 20.0 Å². The number of nitrogens with one attached hydrogen (secondary N) is 1. The summed E-state index contributed by atoms with van der Waals surface area (Å²) in [7, 11) is 2.02. The molecule has 1 heterocycles. The lowest BCUT2D eigenvalue weighted by Crippen LogP contribution is -2.16. The van der Waals surface area contributed by atoms with Gasteiger partial charge in [-0.3, -0.25) is 4.68 Å². The van der Waals surface area contributed by atoms with E-state index in [1.807, 2.05) is 11.7 Å². The summed E-state index contributed by atoms with van der Waals surface area (Å²) in [6.07, 6.45) is 6.31. The van der Waals surface area contributed by atoms with E-state index in [0.29, 0.717) is 0 Å². The smallest absolute Gasteiger partial charge is 0.0625 e. The van der Waals surface area contributed by atoms with Gasteiger partial charge in [-0.15, -0.1) is 0 Å². The van der Waals surface area contributed by atoms with Crippen LogP contribution in [0.2, 0.25) is 0 Å². The highest BCUT2D eigenvalue weighted by Crippen LogP contribution is 2.03. The van der Waals surface area contributed by atoms with Crippen LogP contribution < -0.4 is 5.32 Å². The second-order valence-electron chi connectivity index (χ2n) is 4.34. The Morgan fingerprint density at radius 2 is 2.06 bits per heavy atom. The summed E-state index contributed by atoms with van der Waals surface area (Å²) in [5.41, 5.74) is 2.47. The lowest BCUT2D eigenvalue weighted by atomic mass is 10.2. The van der Waals surface area contributed by atoms with Crippen LogP contribution in [0.15, 0.2) is 6.07 Å². The van der Waals surface area contributed by atoms with Gasteiger partial charge in [0.15, 0.2) is 0 Å². The molecule has 0 aliphatic heterocycles. The molecule has 0 spiro atoms. The number of hydrogen-bond donors (Lipinski definition) is 1. The summed E-state index contributed by atoms with van der Waals surface area (Å²) < 4.78 is 1.98. The SMILES string of the molecule is CCCCCCNCc1cc(CC)nn1C. The van der Waals surface area contributed by atoms with Crippen molar-refractivity contribution >= 4 is 0 Å². The fourth-order valence-corrected chi connectivity index (χ4v) is 1.80. The van der Waals surface area contributed by atoms with Crippen molar-refractivity contribution in [2.75, 3.05) is 6.54 Å². The van der Waals surface area contributed by atoms with Crippen molar-refractivity contribution in [3.8, 4) is 0 Å². The molecular weight excluding hydrogens is 198 g/mol. The Labute approximate surface area is 99.2 Å². The van der Waals surface area contributed by atoms with Gasteiger partial charge in [0, 0.05) is 13.6 Å². The van der Waals surface area contributed by atoms with E-state index in [4.69, 9.17) is 0 Å². The van der Waals surface area contributed by atoms with Gasteiger partial charge < -0.3 is 5.32 Å². The highest BCUT2D eigenvalue weighted by atomic mass is 15.3. The highest BCUT2D eigenvalue weighted by molar-refractivity contribution is 5.09. The van der Waals surface area contributed by atoms with Gasteiger partial charge in [0.1, 0.15) is 0 Å². The van der Waals surface area contributed by atoms with E-state index < -0.39 is 0 Å². The lowest BCUT2D eigenvalue weighted by Gasteiger charge is -2.04. The molecule has 1 N–H and O–H groups in total. The van der Waals surface area contributed by atoms with Crippen molar-refractivity contribution in [3.63, 3.8) is 0 Å². The van der Waals surface area contributed by atoms with Crippen LogP contribution >= 0.6 is 0 Å². The number of aryl methyl sites for hydroxylation is 2. The fourth-order valence-electron chi connectivity index (χ4n) is 1.80. The van der Waals surface area contributed by atoms with Gasteiger partial charge in [0.25, 0.3) is 0 Å². The van der Waals surface area contributed by atoms with E-state index in [-0.39, 0.29) is 0 Å². The van der Waals surface area contributed by atoms with Gasteiger partial charge in [0.05, 0.1) is 11.4 Å². The first-order valence-corrected chi connectivity index (χ1v) is 6.50. The first-order chi connectivity index (χ1) is 7.77. The van der Waals surface area contributed by atoms with Gasteiger partial charge in [-0.2, -0.15) is 5.10 Å². The molecule has 0 fully saturated rings. The van der Waals surface area contributed by atoms with Gasteiger partial charge >= 0.3 is 0 Å². The molecule has 3 heteroatoms. The lowest BCUT2D eigenvalue weighted by molar-refractivity contribution is 0.576. The van der Waals surface area contributed by atoms with Gasteiger partial charge in [-0.1, -0.05) is 33.1 Å². The van der Waals surface area contributed by atoms with Crippen LogP contribution in [0.4, 0.5) is 0 Å². The van der Waals surface area contributed by atoms with E-state index >= 15 is 0 Å². The van der Waals surface area contributed by atoms with Crippen LogP contribution in [0.25, 0.3) is 0 Å². The average Bonchev–Trinajstić information content (AvgIpc) is 2.65. The standard InChI is InChI=1S/C13H25N3/c1-4-6-7-8-9-14-11-13-10-12(5-2)15-16(13)3/h10,14H,4-9,11H2,1-3H3. The molecule has 16 heavy (non-hydrogen) atoms. The Hall–Kier alpha value is -0.830. The Kier molecular flexibility index (Phi) is 6.16. The van der Waals surface area contributed by atoms with Crippen molar-refractivity contribution in [1.29, 1.82) is 0 Å². The zero-order valence-electron chi connectivity index (χ0n) is 10.9. The molecule has 0 saturated heterocycles. The maximum atomic E-state index is 4.43. The molecule has 1 aromatic rings. The quantitative estimate of drug-likeness (QED) is 0.687. The predicted molar refractivity (Wildman–Crippen MR) is 68.4 cm³/mol. The zero-order valence-corrected chi connectivity index (χ0v) is 10.9. The van der Waals surface area contributed by atoms with Crippen LogP contribution in [0.1, 0.15) is 50.9 Å². The number of nitrogens with zero attached hydrogens (tertiary/aromatic N) is 2. The minimum atomic E-state index is 0.940. The Morgan fingerprint density at radius 3 is 2.69 bits per heavy atom. The molecule has 92 valence electrons. The molecule has 0 radical (unpaired) electrons. The normalized spacial score (nSPS) is 10.9. The number of hydrogen-bond acceptors (Lipinski definition) is 2. The molecule has 1 rings (SSSR count). The summed E-state index contributed by atoms with van der Waals surface area (Å²) >= 11 is 0. The van der Waals surface area contributed by atoms with Crippen molar-refractivity contribution in [2.45, 2.75) is 52.5 Å². The number of aromatic nitrogens is 2. The summed E-state index contributed by atoms with van der Waals surface area (Å²) in [6, 6.07) is 2.19. The molecule has 1 aromatic heterocycles. The number of unbranched alkanes of at least 4 members (excludes halogenated alkanes) is 3. The Balaban J connectivity index is 2.18. The molecule has 0 aromatic carbocycles. The predicted octanol–water partition coefficient (Wildman–Crippen LogP) is 2.65. The van der Waals surface area contributed by atoms with Crippen LogP contribution in [0.3, 0.4) is 0 Å². The molecule has 0 aliphatic rings. The highest BCUT2D eigenvalue weighted by Gasteiger charge is 2.02. The van der Waals surface area contributed by atoms with E-state index in [1.54, 1.807) is 0 Å². The van der Waals surface area contributed by atoms with E-state index in [2.05, 4.69) is 30.3 Å². The van der Waals surface area contributed by atoms with Gasteiger partial charge in [-0.25, -0.2) is 0 Å². The Bertz CT molecular complexity index is 291. The zero-order chi connectivity index (χ0) is 11.8. The summed E-state index contributed by atoms with van der Waals surface area (Å²) in [5, 5.41) is 7.91. The van der Waals surface area contributed by atoms with Crippen molar-refractivity contribution in [3.05, 3.63) is 17.5 Å². The summed E-state index contributed by atoms with van der Waals surface area (Å²) in [5.74, 6) is 0. The molecule has 0 atom stereocenters. The molecule has 3 nitrogen and oxygen atoms in total. The summed E-state index contributed by atoms with van der Waals surface area (Å²) in [6.45, 7) is 6.45. The monoisotopic (exact) mass is 223 g/mol. The second-order valence-corrected chi connectivity index (χ2v) is 4.34. The third kappa shape index (κ3) is 4.35. The van der Waals surface area contributed by atoms with Gasteiger partial charge in [-0.05, 0) is 25.5 Å². The maximum absolute atomic E-state index is 4.43. The van der Waals surface area contributed by atoms with E-state index in [0.717, 1.165) is 19.5 Å². The van der Waals surface area contributed by atoms with Gasteiger partial charge in [0.2, 0.25) is 0 Å². The minimum Gasteiger partial charge on any atom is -0.311 e. The molecule has 0 bridgehead atoms. The third-order valence-electron chi connectivity index (χ3n) is 2.90. The fraction of sp³-hybridized carbons (Fsp3) is 0.769. The van der Waals surface area contributed by atoms with Crippen LogP contribution in [-0.4, -0.2) is 16.3 Å². The van der Waals surface area contributed by atoms with Crippen molar-refractivity contribution in [2.24, 2.45) is 7.05 Å². The molecule has 0 amide bonds. The van der Waals surface area contributed by atoms with Crippen LogP contribution in [0.5, 0.6) is 0 Å². The molecule has 0 saturated carbocycles. The first kappa shape index (κ1) is 13.2. The minimum absolute atomic E-state index is 0.940.